The van der Waals surface area contributed by atoms with Crippen molar-refractivity contribution in [3.05, 3.63) is 118 Å². The fourth-order valence-electron chi connectivity index (χ4n) is 9.05. The van der Waals surface area contributed by atoms with E-state index < -0.39 is 0 Å². The molecule has 0 atom stereocenters. The van der Waals surface area contributed by atoms with Gasteiger partial charge >= 0.3 is 0 Å². The number of nitrogens with zero attached hydrogens (tertiary/aromatic N) is 1. The quantitative estimate of drug-likeness (QED) is 0.157. The molecule has 0 radical (unpaired) electrons. The average Bonchev–Trinajstić information content (AvgIpc) is 3.37. The van der Waals surface area contributed by atoms with E-state index in [4.69, 9.17) is 4.74 Å². The highest BCUT2D eigenvalue weighted by atomic mass is 16.5. The minimum absolute atomic E-state index is 0.0300. The summed E-state index contributed by atoms with van der Waals surface area (Å²) >= 11 is 0. The molecule has 2 aliphatic rings. The molecule has 2 aliphatic heterocycles. The van der Waals surface area contributed by atoms with Crippen LogP contribution in [-0.2, 0) is 27.1 Å². The molecule has 0 saturated heterocycles. The van der Waals surface area contributed by atoms with E-state index in [2.05, 4.69) is 186 Å². The first kappa shape index (κ1) is 34.8. The van der Waals surface area contributed by atoms with Crippen LogP contribution < -0.4 is 21.1 Å². The van der Waals surface area contributed by atoms with E-state index >= 15 is 0 Å². The summed E-state index contributed by atoms with van der Waals surface area (Å²) in [6, 6.07) is 33.1. The SMILES string of the molecule is CC(C)(C)c1ccc2c(c1)B1c3ccc(-n4c5ccc(C(C)(C)C)cc5c5cc(C(C)(C)C)ccc54)cc3C(C)(C)c3c(C(C)(C)C)ccc(c31)O2. The van der Waals surface area contributed by atoms with Crippen molar-refractivity contribution < 1.29 is 4.74 Å². The zero-order chi connectivity index (χ0) is 37.5. The Morgan fingerprint density at radius 3 is 1.58 bits per heavy atom. The largest absolute Gasteiger partial charge is 0.458 e. The number of aromatic nitrogens is 1. The predicted molar refractivity (Wildman–Crippen MR) is 225 cm³/mol. The number of benzene rings is 5. The number of ether oxygens (including phenoxy) is 1. The lowest BCUT2D eigenvalue weighted by molar-refractivity contribution is 0.479. The van der Waals surface area contributed by atoms with Crippen molar-refractivity contribution in [1.82, 2.24) is 4.57 Å². The number of hydrogen-bond donors (Lipinski definition) is 0. The lowest BCUT2D eigenvalue weighted by Crippen LogP contribution is -2.63. The summed E-state index contributed by atoms with van der Waals surface area (Å²) in [5.41, 5.74) is 15.9. The molecule has 3 heteroatoms. The van der Waals surface area contributed by atoms with Crippen LogP contribution in [0.15, 0.2) is 84.9 Å². The molecule has 0 saturated carbocycles. The number of rotatable bonds is 1. The Morgan fingerprint density at radius 1 is 0.519 bits per heavy atom. The summed E-state index contributed by atoms with van der Waals surface area (Å²) in [5.74, 6) is 1.97. The van der Waals surface area contributed by atoms with Crippen LogP contribution in [0, 0.1) is 0 Å². The molecule has 266 valence electrons. The third kappa shape index (κ3) is 5.20. The second kappa shape index (κ2) is 10.9. The highest BCUT2D eigenvalue weighted by Crippen LogP contribution is 2.45. The van der Waals surface area contributed by atoms with Crippen LogP contribution >= 0.6 is 0 Å². The van der Waals surface area contributed by atoms with Gasteiger partial charge in [-0.25, -0.2) is 0 Å². The normalized spacial score (nSPS) is 15.4. The van der Waals surface area contributed by atoms with Crippen LogP contribution in [0.4, 0.5) is 0 Å². The highest BCUT2D eigenvalue weighted by molar-refractivity contribution is 6.98. The second-order valence-corrected chi connectivity index (χ2v) is 20.4. The zero-order valence-electron chi connectivity index (χ0n) is 34.0. The smallest absolute Gasteiger partial charge is 0.251 e. The average molecular weight is 686 g/mol. The maximum atomic E-state index is 6.81. The minimum atomic E-state index is -0.254. The van der Waals surface area contributed by atoms with Crippen molar-refractivity contribution in [3.63, 3.8) is 0 Å². The molecule has 8 rings (SSSR count). The number of hydrogen-bond acceptors (Lipinski definition) is 1. The van der Waals surface area contributed by atoms with Gasteiger partial charge in [0.1, 0.15) is 11.5 Å². The molecule has 0 unspecified atom stereocenters. The molecular weight excluding hydrogens is 629 g/mol. The Hall–Kier alpha value is -4.24. The molecule has 52 heavy (non-hydrogen) atoms. The number of fused-ring (bicyclic) bond motifs is 7. The van der Waals surface area contributed by atoms with E-state index in [1.807, 2.05) is 0 Å². The van der Waals surface area contributed by atoms with E-state index in [0.717, 1.165) is 11.5 Å². The van der Waals surface area contributed by atoms with Gasteiger partial charge in [-0.15, -0.1) is 0 Å². The molecule has 0 amide bonds. The van der Waals surface area contributed by atoms with Gasteiger partial charge in [-0.05, 0) is 114 Å². The Morgan fingerprint density at radius 2 is 1.04 bits per heavy atom. The van der Waals surface area contributed by atoms with Crippen molar-refractivity contribution >= 4 is 44.9 Å². The fourth-order valence-corrected chi connectivity index (χ4v) is 9.05. The monoisotopic (exact) mass is 685 g/mol. The van der Waals surface area contributed by atoms with Crippen LogP contribution in [-0.4, -0.2) is 11.3 Å². The summed E-state index contributed by atoms with van der Waals surface area (Å²) in [6.45, 7) is 32.8. The van der Waals surface area contributed by atoms with Crippen LogP contribution in [0.5, 0.6) is 11.5 Å². The van der Waals surface area contributed by atoms with E-state index in [9.17, 15) is 0 Å². The molecule has 3 heterocycles. The van der Waals surface area contributed by atoms with Gasteiger partial charge in [-0.2, -0.15) is 0 Å². The van der Waals surface area contributed by atoms with Crippen LogP contribution in [0.2, 0.25) is 0 Å². The van der Waals surface area contributed by atoms with Gasteiger partial charge in [0.25, 0.3) is 6.71 Å². The maximum Gasteiger partial charge on any atom is 0.251 e. The van der Waals surface area contributed by atoms with Gasteiger partial charge in [-0.3, -0.25) is 0 Å². The zero-order valence-corrected chi connectivity index (χ0v) is 34.0. The molecular formula is C49H56BNO. The Kier molecular flexibility index (Phi) is 7.31. The van der Waals surface area contributed by atoms with Crippen LogP contribution in [0.1, 0.15) is 130 Å². The first-order valence-electron chi connectivity index (χ1n) is 19.3. The molecule has 1 aromatic heterocycles. The van der Waals surface area contributed by atoms with Crippen molar-refractivity contribution in [2.75, 3.05) is 0 Å². The van der Waals surface area contributed by atoms with Crippen molar-refractivity contribution in [2.24, 2.45) is 0 Å². The summed E-state index contributed by atoms with van der Waals surface area (Å²) in [6.07, 6.45) is 0. The third-order valence-corrected chi connectivity index (χ3v) is 12.1. The van der Waals surface area contributed by atoms with Crippen molar-refractivity contribution in [2.45, 2.75) is 124 Å². The highest BCUT2D eigenvalue weighted by Gasteiger charge is 2.47. The molecule has 2 nitrogen and oxygen atoms in total. The van der Waals surface area contributed by atoms with Gasteiger partial charge in [0.15, 0.2) is 0 Å². The maximum absolute atomic E-state index is 6.81. The van der Waals surface area contributed by atoms with E-state index in [1.165, 1.54) is 77.3 Å². The van der Waals surface area contributed by atoms with Crippen LogP contribution in [0.3, 0.4) is 0 Å². The minimum Gasteiger partial charge on any atom is -0.458 e. The van der Waals surface area contributed by atoms with E-state index in [-0.39, 0.29) is 33.8 Å². The lowest BCUT2D eigenvalue weighted by Gasteiger charge is -2.45. The molecule has 0 N–H and O–H groups in total. The standard InChI is InChI=1S/C49H56BNO/c1-45(2,3)29-15-21-39-33(25-29)34-26-30(46(4,5)6)16-22-40(34)51(39)32-18-20-37-36(28-32)49(13,14)43-35(48(10,11)12)19-24-42-44(43)50(37)38-27-31(47(7,8)9)17-23-41(38)52-42/h15-28H,1-14H3. The molecule has 0 spiro atoms. The molecule has 6 aromatic rings. The van der Waals surface area contributed by atoms with Crippen LogP contribution in [0.25, 0.3) is 27.5 Å². The Labute approximate surface area is 312 Å². The van der Waals surface area contributed by atoms with Crippen molar-refractivity contribution in [3.8, 4) is 17.2 Å². The predicted octanol–water partition coefficient (Wildman–Crippen LogP) is 11.2. The van der Waals surface area contributed by atoms with Gasteiger partial charge in [0.2, 0.25) is 0 Å². The fraction of sp³-hybridized carbons (Fsp3) is 0.388. The first-order chi connectivity index (χ1) is 24.1. The van der Waals surface area contributed by atoms with Gasteiger partial charge < -0.3 is 9.30 Å². The van der Waals surface area contributed by atoms with Crippen molar-refractivity contribution in [1.29, 1.82) is 0 Å². The summed E-state index contributed by atoms with van der Waals surface area (Å²) in [5, 5.41) is 2.65. The second-order valence-electron chi connectivity index (χ2n) is 20.4. The van der Waals surface area contributed by atoms with E-state index in [1.54, 1.807) is 0 Å². The molecule has 0 aliphatic carbocycles. The Balaban J connectivity index is 1.44. The first-order valence-corrected chi connectivity index (χ1v) is 19.3. The summed E-state index contributed by atoms with van der Waals surface area (Å²) in [4.78, 5) is 0. The Bertz CT molecular complexity index is 2370. The topological polar surface area (TPSA) is 14.2 Å². The third-order valence-electron chi connectivity index (χ3n) is 12.1. The molecule has 0 bridgehead atoms. The molecule has 5 aromatic carbocycles. The van der Waals surface area contributed by atoms with Gasteiger partial charge in [0.05, 0.1) is 11.0 Å². The van der Waals surface area contributed by atoms with Gasteiger partial charge in [-0.1, -0.05) is 139 Å². The summed E-state index contributed by atoms with van der Waals surface area (Å²) in [7, 11) is 0. The van der Waals surface area contributed by atoms with E-state index in [0.29, 0.717) is 0 Å². The summed E-state index contributed by atoms with van der Waals surface area (Å²) < 4.78 is 9.33. The van der Waals surface area contributed by atoms with Gasteiger partial charge in [0, 0.05) is 21.9 Å². The lowest BCUT2D eigenvalue weighted by atomic mass is 9.30. The molecule has 0 fully saturated rings.